The highest BCUT2D eigenvalue weighted by Crippen LogP contribution is 2.22. The number of rotatable bonds is 4. The Morgan fingerprint density at radius 2 is 2.10 bits per heavy atom. The lowest BCUT2D eigenvalue weighted by Crippen LogP contribution is -2.34. The monoisotopic (exact) mass is 294 g/mol. The summed E-state index contributed by atoms with van der Waals surface area (Å²) in [5, 5.41) is 4.79. The standard InChI is InChI=1S/C15H19ClN2O2/c1-10-9-12(16)7-8-14(10)20-11(2)15(19)18-17-13-5-3-4-6-13/h7-9,11H,3-6H2,1-2H3,(H,18,19). The van der Waals surface area contributed by atoms with Crippen molar-refractivity contribution in [2.45, 2.75) is 45.6 Å². The molecule has 1 aromatic rings. The van der Waals surface area contributed by atoms with E-state index in [0.29, 0.717) is 10.8 Å². The summed E-state index contributed by atoms with van der Waals surface area (Å²) in [5.41, 5.74) is 4.54. The average Bonchev–Trinajstić information content (AvgIpc) is 2.92. The number of nitrogens with one attached hydrogen (secondary N) is 1. The fourth-order valence-corrected chi connectivity index (χ4v) is 2.34. The van der Waals surface area contributed by atoms with Gasteiger partial charge in [0.25, 0.3) is 5.91 Å². The van der Waals surface area contributed by atoms with Crippen molar-refractivity contribution >= 4 is 23.2 Å². The van der Waals surface area contributed by atoms with Gasteiger partial charge in [-0.05, 0) is 63.3 Å². The summed E-state index contributed by atoms with van der Waals surface area (Å²) in [5.74, 6) is 0.421. The van der Waals surface area contributed by atoms with Gasteiger partial charge in [0.1, 0.15) is 5.75 Å². The molecule has 5 heteroatoms. The van der Waals surface area contributed by atoms with Gasteiger partial charge in [0, 0.05) is 10.7 Å². The normalized spacial score (nSPS) is 15.8. The molecule has 20 heavy (non-hydrogen) atoms. The van der Waals surface area contributed by atoms with Crippen LogP contribution in [0.15, 0.2) is 23.3 Å². The third-order valence-corrected chi connectivity index (χ3v) is 3.55. The van der Waals surface area contributed by atoms with Crippen LogP contribution in [-0.4, -0.2) is 17.7 Å². The SMILES string of the molecule is Cc1cc(Cl)ccc1OC(C)C(=O)NN=C1CCCC1. The Labute approximate surface area is 124 Å². The highest BCUT2D eigenvalue weighted by Gasteiger charge is 2.16. The molecule has 1 aliphatic carbocycles. The summed E-state index contributed by atoms with van der Waals surface area (Å²) in [4.78, 5) is 11.9. The maximum Gasteiger partial charge on any atom is 0.280 e. The molecule has 1 amide bonds. The molecule has 0 bridgehead atoms. The van der Waals surface area contributed by atoms with Crippen LogP contribution in [0.2, 0.25) is 5.02 Å². The van der Waals surface area contributed by atoms with Gasteiger partial charge in [0.05, 0.1) is 0 Å². The van der Waals surface area contributed by atoms with Crippen molar-refractivity contribution in [2.75, 3.05) is 0 Å². The lowest BCUT2D eigenvalue weighted by molar-refractivity contribution is -0.127. The van der Waals surface area contributed by atoms with Gasteiger partial charge in [-0.3, -0.25) is 4.79 Å². The average molecular weight is 295 g/mol. The number of aryl methyl sites for hydroxylation is 1. The summed E-state index contributed by atoms with van der Waals surface area (Å²) in [6.07, 6.45) is 3.67. The van der Waals surface area contributed by atoms with E-state index < -0.39 is 6.10 Å². The van der Waals surface area contributed by atoms with E-state index in [1.165, 1.54) is 0 Å². The van der Waals surface area contributed by atoms with E-state index in [-0.39, 0.29) is 5.91 Å². The molecule has 0 radical (unpaired) electrons. The molecular formula is C15H19ClN2O2. The van der Waals surface area contributed by atoms with Crippen LogP contribution < -0.4 is 10.2 Å². The maximum absolute atomic E-state index is 11.9. The van der Waals surface area contributed by atoms with Crippen LogP contribution in [0, 0.1) is 6.92 Å². The van der Waals surface area contributed by atoms with Crippen molar-refractivity contribution in [3.05, 3.63) is 28.8 Å². The number of benzene rings is 1. The number of hydrogen-bond acceptors (Lipinski definition) is 3. The van der Waals surface area contributed by atoms with E-state index in [0.717, 1.165) is 37.0 Å². The van der Waals surface area contributed by atoms with Gasteiger partial charge in [0.2, 0.25) is 0 Å². The number of amides is 1. The fraction of sp³-hybridized carbons (Fsp3) is 0.467. The Bertz CT molecular complexity index is 521. The summed E-state index contributed by atoms with van der Waals surface area (Å²) in [7, 11) is 0. The minimum atomic E-state index is -0.597. The number of carbonyl (C=O) groups is 1. The van der Waals surface area contributed by atoms with Crippen LogP contribution in [0.5, 0.6) is 5.75 Å². The maximum atomic E-state index is 11.9. The smallest absolute Gasteiger partial charge is 0.280 e. The predicted octanol–water partition coefficient (Wildman–Crippen LogP) is 3.46. The summed E-state index contributed by atoms with van der Waals surface area (Å²) < 4.78 is 5.64. The predicted molar refractivity (Wildman–Crippen MR) is 80.3 cm³/mol. The first kappa shape index (κ1) is 14.9. The zero-order chi connectivity index (χ0) is 14.5. The molecule has 1 saturated carbocycles. The van der Waals surface area contributed by atoms with Crippen molar-refractivity contribution in [2.24, 2.45) is 5.10 Å². The van der Waals surface area contributed by atoms with E-state index in [2.05, 4.69) is 10.5 Å². The molecule has 0 heterocycles. The molecule has 0 aromatic heterocycles. The lowest BCUT2D eigenvalue weighted by atomic mass is 10.2. The Morgan fingerprint density at radius 1 is 1.40 bits per heavy atom. The minimum absolute atomic E-state index is 0.237. The summed E-state index contributed by atoms with van der Waals surface area (Å²) >= 11 is 5.89. The van der Waals surface area contributed by atoms with Gasteiger partial charge < -0.3 is 4.74 Å². The lowest BCUT2D eigenvalue weighted by Gasteiger charge is -2.15. The third kappa shape index (κ3) is 3.97. The van der Waals surface area contributed by atoms with Gasteiger partial charge in [-0.1, -0.05) is 11.6 Å². The second kappa shape index (κ2) is 6.75. The Morgan fingerprint density at radius 3 is 2.75 bits per heavy atom. The number of carbonyl (C=O) groups excluding carboxylic acids is 1. The van der Waals surface area contributed by atoms with E-state index in [4.69, 9.17) is 16.3 Å². The number of halogens is 1. The zero-order valence-corrected chi connectivity index (χ0v) is 12.5. The first-order chi connectivity index (χ1) is 9.56. The van der Waals surface area contributed by atoms with Crippen molar-refractivity contribution in [3.63, 3.8) is 0 Å². The third-order valence-electron chi connectivity index (χ3n) is 3.31. The summed E-state index contributed by atoms with van der Waals surface area (Å²) in [6.45, 7) is 3.60. The molecule has 0 saturated heterocycles. The molecule has 1 aromatic carbocycles. The van der Waals surface area contributed by atoms with Gasteiger partial charge in [0.15, 0.2) is 6.10 Å². The van der Waals surface area contributed by atoms with Gasteiger partial charge >= 0.3 is 0 Å². The van der Waals surface area contributed by atoms with Crippen molar-refractivity contribution in [3.8, 4) is 5.75 Å². The molecule has 0 spiro atoms. The molecular weight excluding hydrogens is 276 g/mol. The van der Waals surface area contributed by atoms with Crippen LogP contribution in [0.3, 0.4) is 0 Å². The van der Waals surface area contributed by atoms with Crippen molar-refractivity contribution < 1.29 is 9.53 Å². The van der Waals surface area contributed by atoms with Crippen molar-refractivity contribution in [1.29, 1.82) is 0 Å². The first-order valence-electron chi connectivity index (χ1n) is 6.84. The van der Waals surface area contributed by atoms with Crippen LogP contribution in [0.1, 0.15) is 38.2 Å². The number of ether oxygens (including phenoxy) is 1. The Kier molecular flexibility index (Phi) is 5.01. The zero-order valence-electron chi connectivity index (χ0n) is 11.8. The minimum Gasteiger partial charge on any atom is -0.481 e. The molecule has 108 valence electrons. The van der Waals surface area contributed by atoms with Gasteiger partial charge in [-0.2, -0.15) is 5.10 Å². The highest BCUT2D eigenvalue weighted by atomic mass is 35.5. The van der Waals surface area contributed by atoms with Gasteiger partial charge in [-0.15, -0.1) is 0 Å². The first-order valence-corrected chi connectivity index (χ1v) is 7.22. The molecule has 1 atom stereocenters. The van der Waals surface area contributed by atoms with Crippen LogP contribution >= 0.6 is 11.6 Å². The molecule has 1 unspecified atom stereocenters. The van der Waals surface area contributed by atoms with Gasteiger partial charge in [-0.25, -0.2) is 5.43 Å². The number of hydrogen-bond donors (Lipinski definition) is 1. The van der Waals surface area contributed by atoms with Crippen LogP contribution in [-0.2, 0) is 4.79 Å². The summed E-state index contributed by atoms with van der Waals surface area (Å²) in [6, 6.07) is 5.32. The van der Waals surface area contributed by atoms with E-state index in [1.54, 1.807) is 25.1 Å². The number of hydrazone groups is 1. The number of nitrogens with zero attached hydrogens (tertiary/aromatic N) is 1. The molecule has 4 nitrogen and oxygen atoms in total. The molecule has 1 aliphatic rings. The highest BCUT2D eigenvalue weighted by molar-refractivity contribution is 6.30. The van der Waals surface area contributed by atoms with Crippen LogP contribution in [0.4, 0.5) is 0 Å². The second-order valence-corrected chi connectivity index (χ2v) is 5.47. The fourth-order valence-electron chi connectivity index (χ4n) is 2.11. The Hall–Kier alpha value is -1.55. The van der Waals surface area contributed by atoms with E-state index in [9.17, 15) is 4.79 Å². The largest absolute Gasteiger partial charge is 0.481 e. The molecule has 2 rings (SSSR count). The Balaban J connectivity index is 1.91. The molecule has 1 N–H and O–H groups in total. The van der Waals surface area contributed by atoms with E-state index in [1.807, 2.05) is 6.92 Å². The van der Waals surface area contributed by atoms with Crippen molar-refractivity contribution in [1.82, 2.24) is 5.43 Å². The second-order valence-electron chi connectivity index (χ2n) is 5.03. The molecule has 1 fully saturated rings. The van der Waals surface area contributed by atoms with E-state index >= 15 is 0 Å². The van der Waals surface area contributed by atoms with Crippen LogP contribution in [0.25, 0.3) is 0 Å². The quantitative estimate of drug-likeness (QED) is 0.865. The molecule has 0 aliphatic heterocycles. The topological polar surface area (TPSA) is 50.7 Å².